The van der Waals surface area contributed by atoms with Gasteiger partial charge in [0, 0.05) is 35.3 Å². The smallest absolute Gasteiger partial charge is 0.399 e. The molecule has 5 nitrogen and oxygen atoms in total. The summed E-state index contributed by atoms with van der Waals surface area (Å²) in [4.78, 5) is 12.6. The molecule has 1 aromatic carbocycles. The lowest BCUT2D eigenvalue weighted by Gasteiger charge is -2.32. The van der Waals surface area contributed by atoms with Crippen LogP contribution >= 0.6 is 11.6 Å². The molecule has 1 N–H and O–H groups in total. The summed E-state index contributed by atoms with van der Waals surface area (Å²) in [6.07, 6.45) is 1.67. The lowest BCUT2D eigenvalue weighted by Crippen LogP contribution is -2.41. The molecule has 7 heteroatoms. The van der Waals surface area contributed by atoms with Crippen molar-refractivity contribution in [1.82, 2.24) is 5.32 Å². The number of carbonyl (C=O) groups is 1. The van der Waals surface area contributed by atoms with Crippen LogP contribution in [0.4, 0.5) is 0 Å². The second kappa shape index (κ2) is 6.91. The zero-order valence-corrected chi connectivity index (χ0v) is 16.0. The maximum Gasteiger partial charge on any atom is 0.496 e. The lowest BCUT2D eigenvalue weighted by atomic mass is 9.78. The van der Waals surface area contributed by atoms with E-state index in [2.05, 4.69) is 5.32 Å². The predicted octanol–water partition coefficient (Wildman–Crippen LogP) is 2.55. The number of hydrogen-bond donors (Lipinski definition) is 1. The molecule has 0 atom stereocenters. The van der Waals surface area contributed by atoms with Gasteiger partial charge in [-0.05, 0) is 58.7 Å². The number of carbonyl (C=O) groups excluding carboxylic acids is 1. The van der Waals surface area contributed by atoms with Crippen LogP contribution in [0.3, 0.4) is 0 Å². The van der Waals surface area contributed by atoms with Crippen molar-refractivity contribution in [2.45, 2.75) is 57.8 Å². The fraction of sp³-hybridized carbons (Fsp3) is 0.611. The molecule has 0 aliphatic carbocycles. The molecule has 0 saturated carbocycles. The molecule has 2 fully saturated rings. The minimum Gasteiger partial charge on any atom is -0.399 e. The molecular formula is C18H25BClNO4. The predicted molar refractivity (Wildman–Crippen MR) is 98.5 cm³/mol. The van der Waals surface area contributed by atoms with E-state index in [0.717, 1.165) is 12.8 Å². The van der Waals surface area contributed by atoms with Crippen LogP contribution in [-0.2, 0) is 14.0 Å². The van der Waals surface area contributed by atoms with Gasteiger partial charge in [-0.3, -0.25) is 4.79 Å². The number of rotatable bonds is 3. The summed E-state index contributed by atoms with van der Waals surface area (Å²) >= 11 is 6.35. The van der Waals surface area contributed by atoms with Gasteiger partial charge in [-0.25, -0.2) is 0 Å². The zero-order valence-electron chi connectivity index (χ0n) is 15.2. The van der Waals surface area contributed by atoms with Crippen LogP contribution in [0, 0.1) is 0 Å². The van der Waals surface area contributed by atoms with Gasteiger partial charge in [0.1, 0.15) is 0 Å². The zero-order chi connectivity index (χ0) is 18.2. The molecule has 1 aromatic rings. The van der Waals surface area contributed by atoms with Crippen molar-refractivity contribution in [2.24, 2.45) is 0 Å². The minimum absolute atomic E-state index is 0.110. The number of ether oxygens (including phenoxy) is 1. The average Bonchev–Trinajstić information content (AvgIpc) is 2.76. The summed E-state index contributed by atoms with van der Waals surface area (Å²) in [5.41, 5.74) is 0.323. The fourth-order valence-corrected chi connectivity index (χ4v) is 3.15. The van der Waals surface area contributed by atoms with Crippen LogP contribution in [0.5, 0.6) is 0 Å². The van der Waals surface area contributed by atoms with Gasteiger partial charge in [-0.1, -0.05) is 11.6 Å². The summed E-state index contributed by atoms with van der Waals surface area (Å²) in [6, 6.07) is 5.36. The Hall–Kier alpha value is -1.08. The highest BCUT2D eigenvalue weighted by Crippen LogP contribution is 2.37. The van der Waals surface area contributed by atoms with Gasteiger partial charge in [-0.15, -0.1) is 0 Å². The van der Waals surface area contributed by atoms with E-state index in [1.165, 1.54) is 0 Å². The van der Waals surface area contributed by atoms with Crippen LogP contribution in [0.15, 0.2) is 18.2 Å². The second-order valence-electron chi connectivity index (χ2n) is 7.68. The summed E-state index contributed by atoms with van der Waals surface area (Å²) in [5.74, 6) is -0.110. The fourth-order valence-electron chi connectivity index (χ4n) is 2.95. The number of hydrogen-bond acceptors (Lipinski definition) is 4. The Morgan fingerprint density at radius 2 is 1.76 bits per heavy atom. The summed E-state index contributed by atoms with van der Waals surface area (Å²) in [5, 5.41) is 3.59. The highest BCUT2D eigenvalue weighted by molar-refractivity contribution is 6.65. The monoisotopic (exact) mass is 365 g/mol. The molecule has 3 rings (SSSR count). The third-order valence-electron chi connectivity index (χ3n) is 5.32. The van der Waals surface area contributed by atoms with Gasteiger partial charge in [-0.2, -0.15) is 0 Å². The number of nitrogens with one attached hydrogen (secondary N) is 1. The van der Waals surface area contributed by atoms with E-state index in [4.69, 9.17) is 25.6 Å². The second-order valence-corrected chi connectivity index (χ2v) is 8.09. The molecule has 1 amide bonds. The van der Waals surface area contributed by atoms with Crippen molar-refractivity contribution in [1.29, 1.82) is 0 Å². The topological polar surface area (TPSA) is 56.8 Å². The van der Waals surface area contributed by atoms with Gasteiger partial charge in [0.25, 0.3) is 5.91 Å². The first kappa shape index (κ1) is 18.7. The van der Waals surface area contributed by atoms with Crippen molar-refractivity contribution >= 4 is 30.1 Å². The van der Waals surface area contributed by atoms with Gasteiger partial charge in [0.05, 0.1) is 11.2 Å². The van der Waals surface area contributed by atoms with E-state index in [1.54, 1.807) is 18.2 Å². The van der Waals surface area contributed by atoms with Crippen molar-refractivity contribution < 1.29 is 18.8 Å². The van der Waals surface area contributed by atoms with E-state index in [-0.39, 0.29) is 11.9 Å². The molecule has 0 unspecified atom stereocenters. The first-order chi connectivity index (χ1) is 11.7. The van der Waals surface area contributed by atoms with Crippen molar-refractivity contribution in [3.8, 4) is 0 Å². The summed E-state index contributed by atoms with van der Waals surface area (Å²) < 4.78 is 17.4. The Morgan fingerprint density at radius 3 is 2.36 bits per heavy atom. The average molecular weight is 366 g/mol. The van der Waals surface area contributed by atoms with Crippen molar-refractivity contribution in [2.75, 3.05) is 13.2 Å². The van der Waals surface area contributed by atoms with Crippen LogP contribution in [-0.4, -0.2) is 43.5 Å². The SMILES string of the molecule is CC1(C)OB(c2cc(C(=O)NC3CCOCC3)ccc2Cl)OC1(C)C. The third-order valence-corrected chi connectivity index (χ3v) is 5.67. The summed E-state index contributed by atoms with van der Waals surface area (Å²) in [7, 11) is -0.590. The van der Waals surface area contributed by atoms with Crippen molar-refractivity contribution in [3.05, 3.63) is 28.8 Å². The highest BCUT2D eigenvalue weighted by atomic mass is 35.5. The van der Waals surface area contributed by atoms with Crippen molar-refractivity contribution in [3.63, 3.8) is 0 Å². The Bertz CT molecular complexity index is 642. The van der Waals surface area contributed by atoms with E-state index >= 15 is 0 Å². The lowest BCUT2D eigenvalue weighted by molar-refractivity contribution is 0.00578. The van der Waals surface area contributed by atoms with Gasteiger partial charge >= 0.3 is 7.12 Å². The Kier molecular flexibility index (Phi) is 5.17. The van der Waals surface area contributed by atoms with Gasteiger partial charge < -0.3 is 19.4 Å². The summed E-state index contributed by atoms with van der Waals surface area (Å²) in [6.45, 7) is 9.33. The van der Waals surface area contributed by atoms with Gasteiger partial charge in [0.2, 0.25) is 0 Å². The van der Waals surface area contributed by atoms with Crippen LogP contribution in [0.25, 0.3) is 0 Å². The number of amides is 1. The molecule has 0 radical (unpaired) electrons. The van der Waals surface area contributed by atoms with Crippen LogP contribution < -0.4 is 10.8 Å². The third kappa shape index (κ3) is 3.87. The highest BCUT2D eigenvalue weighted by Gasteiger charge is 2.52. The normalized spacial score (nSPS) is 22.8. The molecular weight excluding hydrogens is 340 g/mol. The van der Waals surface area contributed by atoms with Crippen LogP contribution in [0.2, 0.25) is 5.02 Å². The maximum atomic E-state index is 12.6. The Labute approximate surface area is 154 Å². The molecule has 2 heterocycles. The van der Waals surface area contributed by atoms with Crippen LogP contribution in [0.1, 0.15) is 50.9 Å². The number of halogens is 1. The molecule has 25 heavy (non-hydrogen) atoms. The molecule has 2 aliphatic heterocycles. The largest absolute Gasteiger partial charge is 0.496 e. The molecule has 0 aromatic heterocycles. The minimum atomic E-state index is -0.590. The molecule has 2 saturated heterocycles. The van der Waals surface area contributed by atoms with E-state index in [0.29, 0.717) is 29.3 Å². The Balaban J connectivity index is 1.78. The first-order valence-corrected chi connectivity index (χ1v) is 9.11. The van der Waals surface area contributed by atoms with E-state index < -0.39 is 18.3 Å². The maximum absolute atomic E-state index is 12.6. The molecule has 0 spiro atoms. The molecule has 2 aliphatic rings. The first-order valence-electron chi connectivity index (χ1n) is 8.73. The number of benzene rings is 1. The molecule has 136 valence electrons. The Morgan fingerprint density at radius 1 is 1.16 bits per heavy atom. The van der Waals surface area contributed by atoms with E-state index in [9.17, 15) is 4.79 Å². The molecule has 0 bridgehead atoms. The standard InChI is InChI=1S/C18H25BClNO4/c1-17(2)18(3,4)25-19(24-17)14-11-12(5-6-15(14)20)16(22)21-13-7-9-23-10-8-13/h5-6,11,13H,7-10H2,1-4H3,(H,21,22). The van der Waals surface area contributed by atoms with E-state index in [1.807, 2.05) is 27.7 Å². The quantitative estimate of drug-likeness (QED) is 0.836. The van der Waals surface area contributed by atoms with Gasteiger partial charge in [0.15, 0.2) is 0 Å².